The van der Waals surface area contributed by atoms with Crippen molar-refractivity contribution in [2.24, 2.45) is 0 Å². The quantitative estimate of drug-likeness (QED) is 0.185. The van der Waals surface area contributed by atoms with Gasteiger partial charge in [-0.15, -0.1) is 0 Å². The predicted octanol–water partition coefficient (Wildman–Crippen LogP) is 7.75. The van der Waals surface area contributed by atoms with Crippen LogP contribution in [0.25, 0.3) is 16.6 Å². The Kier molecular flexibility index (Phi) is 9.20. The van der Waals surface area contributed by atoms with Crippen LogP contribution in [0, 0.1) is 0 Å². The summed E-state index contributed by atoms with van der Waals surface area (Å²) in [5.74, 6) is 1.59. The number of hydrogen-bond donors (Lipinski definition) is 1. The van der Waals surface area contributed by atoms with Gasteiger partial charge in [0, 0.05) is 12.2 Å². The number of ether oxygens (including phenoxy) is 1. The van der Waals surface area contributed by atoms with Crippen LogP contribution in [0.1, 0.15) is 56.6 Å². The first-order chi connectivity index (χ1) is 20.9. The maximum absolute atomic E-state index is 14.0. The number of aromatic nitrogens is 2. The summed E-state index contributed by atoms with van der Waals surface area (Å²) in [7, 11) is 0. The monoisotopic (exact) mass is 574 g/mol. The summed E-state index contributed by atoms with van der Waals surface area (Å²) in [5.41, 5.74) is 4.08. The third-order valence-corrected chi connectivity index (χ3v) is 7.62. The van der Waals surface area contributed by atoms with Gasteiger partial charge in [-0.05, 0) is 85.8 Å². The van der Waals surface area contributed by atoms with Gasteiger partial charge in [-0.25, -0.2) is 9.78 Å². The molecule has 0 aliphatic carbocycles. The molecule has 0 fully saturated rings. The first-order valence-corrected chi connectivity index (χ1v) is 14.8. The van der Waals surface area contributed by atoms with Crippen molar-refractivity contribution < 1.29 is 9.53 Å². The molecule has 0 radical (unpaired) electrons. The van der Waals surface area contributed by atoms with E-state index in [0.717, 1.165) is 11.3 Å². The highest BCUT2D eigenvalue weighted by molar-refractivity contribution is 5.89. The third kappa shape index (κ3) is 6.78. The number of nitrogens with zero attached hydrogens (tertiary/aromatic N) is 3. The predicted molar refractivity (Wildman–Crippen MR) is 173 cm³/mol. The van der Waals surface area contributed by atoms with E-state index in [2.05, 4.69) is 31.3 Å². The van der Waals surface area contributed by atoms with E-state index in [1.54, 1.807) is 15.5 Å². The number of nitrogens with one attached hydrogen (secondary N) is 1. The lowest BCUT2D eigenvalue weighted by molar-refractivity contribution is 0.190. The van der Waals surface area contributed by atoms with Crippen molar-refractivity contribution in [3.63, 3.8) is 0 Å². The Morgan fingerprint density at radius 1 is 0.884 bits per heavy atom. The molecule has 7 nitrogen and oxygen atoms in total. The number of carbonyl (C=O) groups is 1. The summed E-state index contributed by atoms with van der Waals surface area (Å²) < 4.78 is 7.25. The Labute approximate surface area is 252 Å². The fourth-order valence-corrected chi connectivity index (χ4v) is 5.19. The second kappa shape index (κ2) is 13.4. The van der Waals surface area contributed by atoms with Crippen LogP contribution < -0.4 is 15.6 Å². The molecule has 0 bridgehead atoms. The van der Waals surface area contributed by atoms with Crippen LogP contribution in [0.5, 0.6) is 5.75 Å². The van der Waals surface area contributed by atoms with Crippen molar-refractivity contribution in [1.29, 1.82) is 0 Å². The molecular formula is C36H38N4O3. The first-order valence-electron chi connectivity index (χ1n) is 14.8. The molecule has 0 aliphatic rings. The highest BCUT2D eigenvalue weighted by atomic mass is 16.5. The maximum atomic E-state index is 14.0. The number of para-hydroxylation sites is 1. The van der Waals surface area contributed by atoms with Gasteiger partial charge in [-0.3, -0.25) is 9.36 Å². The highest BCUT2D eigenvalue weighted by Crippen LogP contribution is 2.26. The van der Waals surface area contributed by atoms with E-state index in [1.807, 2.05) is 98.8 Å². The van der Waals surface area contributed by atoms with Crippen molar-refractivity contribution in [1.82, 2.24) is 14.5 Å². The number of rotatable bonds is 10. The number of benzene rings is 4. The van der Waals surface area contributed by atoms with E-state index >= 15 is 0 Å². The van der Waals surface area contributed by atoms with E-state index in [0.29, 0.717) is 53.6 Å². The molecule has 1 N–H and O–H groups in total. The molecular weight excluding hydrogens is 536 g/mol. The molecule has 5 aromatic rings. The molecule has 1 aromatic heterocycles. The summed E-state index contributed by atoms with van der Waals surface area (Å²) in [6, 6.07) is 31.9. The second-order valence-electron chi connectivity index (χ2n) is 10.9. The molecule has 220 valence electrons. The Bertz CT molecular complexity index is 1730. The van der Waals surface area contributed by atoms with Gasteiger partial charge in [0.05, 0.1) is 29.2 Å². The fourth-order valence-electron chi connectivity index (χ4n) is 5.19. The van der Waals surface area contributed by atoms with Gasteiger partial charge in [0.25, 0.3) is 5.56 Å². The minimum Gasteiger partial charge on any atom is -0.494 e. The first kappa shape index (κ1) is 29.6. The summed E-state index contributed by atoms with van der Waals surface area (Å²) in [4.78, 5) is 34.7. The topological polar surface area (TPSA) is 76.5 Å². The molecule has 5 rings (SSSR count). The van der Waals surface area contributed by atoms with Gasteiger partial charge >= 0.3 is 6.03 Å². The SMILES string of the molecule is CCOc1ccc(-n2c(C(C)N(CCc3ccccc3)C(=O)Nc3ccc(C(C)C)cc3)nc3ccccc3c2=O)cc1. The standard InChI is InChI=1S/C36H38N4O3/c1-5-43-31-21-19-30(20-22-31)40-34(38-33-14-10-9-13-32(33)35(40)41)26(4)39(24-23-27-11-7-6-8-12-27)36(42)37-29-17-15-28(16-18-29)25(2)3/h6-22,25-26H,5,23-24H2,1-4H3,(H,37,42). The molecule has 7 heteroatoms. The number of amides is 2. The van der Waals surface area contributed by atoms with Gasteiger partial charge in [0.15, 0.2) is 0 Å². The molecule has 4 aromatic carbocycles. The Balaban J connectivity index is 1.56. The molecule has 0 saturated carbocycles. The van der Waals surface area contributed by atoms with Gasteiger partial charge in [0.2, 0.25) is 0 Å². The summed E-state index contributed by atoms with van der Waals surface area (Å²) in [6.45, 7) is 9.10. The summed E-state index contributed by atoms with van der Waals surface area (Å²) in [6.07, 6.45) is 0.645. The minimum atomic E-state index is -0.539. The largest absolute Gasteiger partial charge is 0.494 e. The number of urea groups is 1. The van der Waals surface area contributed by atoms with Crippen LogP contribution in [0.15, 0.2) is 108 Å². The zero-order chi connectivity index (χ0) is 30.3. The fraction of sp³-hybridized carbons (Fsp3) is 0.250. The highest BCUT2D eigenvalue weighted by Gasteiger charge is 2.27. The van der Waals surface area contributed by atoms with E-state index in [-0.39, 0.29) is 11.6 Å². The van der Waals surface area contributed by atoms with Gasteiger partial charge in [0.1, 0.15) is 11.6 Å². The van der Waals surface area contributed by atoms with Crippen LogP contribution in [-0.2, 0) is 6.42 Å². The van der Waals surface area contributed by atoms with Gasteiger partial charge in [-0.1, -0.05) is 68.4 Å². The molecule has 1 atom stereocenters. The van der Waals surface area contributed by atoms with Crippen molar-refractivity contribution in [3.05, 3.63) is 130 Å². The number of hydrogen-bond acceptors (Lipinski definition) is 4. The number of fused-ring (bicyclic) bond motifs is 1. The lowest BCUT2D eigenvalue weighted by Gasteiger charge is -2.31. The Hall–Kier alpha value is -4.91. The lowest BCUT2D eigenvalue weighted by Crippen LogP contribution is -2.41. The molecule has 1 unspecified atom stereocenters. The van der Waals surface area contributed by atoms with Crippen molar-refractivity contribution in [2.75, 3.05) is 18.5 Å². The zero-order valence-electron chi connectivity index (χ0n) is 25.2. The minimum absolute atomic E-state index is 0.190. The summed E-state index contributed by atoms with van der Waals surface area (Å²) >= 11 is 0. The Morgan fingerprint density at radius 3 is 2.23 bits per heavy atom. The van der Waals surface area contributed by atoms with Crippen LogP contribution in [0.4, 0.5) is 10.5 Å². The summed E-state index contributed by atoms with van der Waals surface area (Å²) in [5, 5.41) is 3.59. The molecule has 2 amide bonds. The maximum Gasteiger partial charge on any atom is 0.322 e. The smallest absolute Gasteiger partial charge is 0.322 e. The third-order valence-electron chi connectivity index (χ3n) is 7.62. The van der Waals surface area contributed by atoms with Crippen molar-refractivity contribution >= 4 is 22.6 Å². The normalized spacial score (nSPS) is 11.8. The van der Waals surface area contributed by atoms with Crippen LogP contribution >= 0.6 is 0 Å². The molecule has 0 saturated heterocycles. The van der Waals surface area contributed by atoms with E-state index in [9.17, 15) is 9.59 Å². The molecule has 0 aliphatic heterocycles. The lowest BCUT2D eigenvalue weighted by atomic mass is 10.0. The molecule has 0 spiro atoms. The molecule has 1 heterocycles. The van der Waals surface area contributed by atoms with E-state index in [1.165, 1.54) is 5.56 Å². The van der Waals surface area contributed by atoms with Gasteiger partial charge < -0.3 is 15.0 Å². The van der Waals surface area contributed by atoms with E-state index in [4.69, 9.17) is 9.72 Å². The molecule has 43 heavy (non-hydrogen) atoms. The average Bonchev–Trinajstić information content (AvgIpc) is 3.02. The van der Waals surface area contributed by atoms with Crippen LogP contribution in [0.3, 0.4) is 0 Å². The zero-order valence-corrected chi connectivity index (χ0v) is 25.2. The van der Waals surface area contributed by atoms with Crippen molar-refractivity contribution in [2.45, 2.75) is 46.1 Å². The van der Waals surface area contributed by atoms with Crippen LogP contribution in [0.2, 0.25) is 0 Å². The Morgan fingerprint density at radius 2 is 1.56 bits per heavy atom. The number of carbonyl (C=O) groups excluding carboxylic acids is 1. The van der Waals surface area contributed by atoms with E-state index < -0.39 is 6.04 Å². The number of anilines is 1. The second-order valence-corrected chi connectivity index (χ2v) is 10.9. The van der Waals surface area contributed by atoms with Crippen LogP contribution in [-0.4, -0.2) is 33.6 Å². The van der Waals surface area contributed by atoms with Gasteiger partial charge in [-0.2, -0.15) is 0 Å². The van der Waals surface area contributed by atoms with Crippen molar-refractivity contribution in [3.8, 4) is 11.4 Å². The average molecular weight is 575 g/mol.